The molecule has 0 saturated heterocycles. The average Bonchev–Trinajstić information content (AvgIpc) is 2.65. The second kappa shape index (κ2) is 10.7. The molecule has 0 spiro atoms. The Balaban J connectivity index is 2.39. The Hall–Kier alpha value is -2.04. The van der Waals surface area contributed by atoms with Crippen molar-refractivity contribution in [1.82, 2.24) is 10.2 Å². The van der Waals surface area contributed by atoms with Crippen LogP contribution < -0.4 is 5.32 Å². The lowest BCUT2D eigenvalue weighted by atomic mass is 10.0. The predicted molar refractivity (Wildman–Crippen MR) is 119 cm³/mol. The predicted octanol–water partition coefficient (Wildman–Crippen LogP) is 5.18. The van der Waals surface area contributed by atoms with Crippen LogP contribution in [-0.4, -0.2) is 28.8 Å². The molecule has 156 valence electrons. The molecule has 0 aliphatic rings. The highest BCUT2D eigenvalue weighted by Gasteiger charge is 2.30. The molecule has 0 saturated carbocycles. The molecule has 0 aromatic heterocycles. The summed E-state index contributed by atoms with van der Waals surface area (Å²) >= 11 is 12.7. The van der Waals surface area contributed by atoms with E-state index in [2.05, 4.69) is 5.32 Å². The monoisotopic (exact) mass is 434 g/mol. The van der Waals surface area contributed by atoms with Gasteiger partial charge in [-0.25, -0.2) is 0 Å². The molecule has 2 amide bonds. The highest BCUT2D eigenvalue weighted by atomic mass is 35.5. The van der Waals surface area contributed by atoms with Crippen LogP contribution in [-0.2, 0) is 22.6 Å². The highest BCUT2D eigenvalue weighted by molar-refractivity contribution is 6.36. The summed E-state index contributed by atoms with van der Waals surface area (Å²) in [5.74, 6) is -0.315. The number of amides is 2. The van der Waals surface area contributed by atoms with E-state index in [9.17, 15) is 9.59 Å². The second-order valence-corrected chi connectivity index (χ2v) is 8.23. The molecule has 0 aliphatic heterocycles. The van der Waals surface area contributed by atoms with E-state index in [1.807, 2.05) is 52.0 Å². The van der Waals surface area contributed by atoms with E-state index >= 15 is 0 Å². The number of rotatable bonds is 8. The summed E-state index contributed by atoms with van der Waals surface area (Å²) in [7, 11) is 0. The maximum atomic E-state index is 13.3. The second-order valence-electron chi connectivity index (χ2n) is 7.41. The third-order valence-electron chi connectivity index (χ3n) is 4.81. The van der Waals surface area contributed by atoms with Gasteiger partial charge in [-0.3, -0.25) is 9.59 Å². The Morgan fingerprint density at radius 3 is 2.21 bits per heavy atom. The number of halogens is 2. The zero-order valence-electron chi connectivity index (χ0n) is 17.3. The molecule has 0 unspecified atom stereocenters. The normalized spacial score (nSPS) is 12.0. The number of carbonyl (C=O) groups excluding carboxylic acids is 2. The zero-order chi connectivity index (χ0) is 21.6. The summed E-state index contributed by atoms with van der Waals surface area (Å²) in [5, 5.41) is 3.87. The smallest absolute Gasteiger partial charge is 0.243 e. The molecule has 2 rings (SSSR count). The molecule has 0 heterocycles. The minimum Gasteiger partial charge on any atom is -0.352 e. The van der Waals surface area contributed by atoms with E-state index in [0.29, 0.717) is 22.0 Å². The van der Waals surface area contributed by atoms with Crippen molar-refractivity contribution < 1.29 is 9.59 Å². The summed E-state index contributed by atoms with van der Waals surface area (Å²) in [5.41, 5.74) is 2.62. The SMILES string of the molecule is CC[C@H](C(=O)NC(C)C)N(Cc1c(Cl)cccc1Cl)C(=O)Cc1ccccc1C. The van der Waals surface area contributed by atoms with Crippen LogP contribution in [0.25, 0.3) is 0 Å². The van der Waals surface area contributed by atoms with Crippen molar-refractivity contribution >= 4 is 35.0 Å². The Labute approximate surface area is 183 Å². The van der Waals surface area contributed by atoms with Crippen LogP contribution in [0, 0.1) is 6.92 Å². The molecule has 0 bridgehead atoms. The van der Waals surface area contributed by atoms with Crippen LogP contribution in [0.15, 0.2) is 42.5 Å². The van der Waals surface area contributed by atoms with Gasteiger partial charge in [0.15, 0.2) is 0 Å². The number of aryl methyl sites for hydroxylation is 1. The lowest BCUT2D eigenvalue weighted by molar-refractivity contribution is -0.141. The third kappa shape index (κ3) is 6.22. The fourth-order valence-electron chi connectivity index (χ4n) is 3.23. The molecular weight excluding hydrogens is 407 g/mol. The van der Waals surface area contributed by atoms with E-state index in [1.54, 1.807) is 23.1 Å². The molecule has 4 nitrogen and oxygen atoms in total. The van der Waals surface area contributed by atoms with Gasteiger partial charge in [-0.05, 0) is 50.5 Å². The van der Waals surface area contributed by atoms with E-state index in [0.717, 1.165) is 11.1 Å². The van der Waals surface area contributed by atoms with Gasteiger partial charge in [0.05, 0.1) is 6.42 Å². The molecule has 29 heavy (non-hydrogen) atoms. The number of benzene rings is 2. The van der Waals surface area contributed by atoms with Crippen LogP contribution >= 0.6 is 23.2 Å². The fourth-order valence-corrected chi connectivity index (χ4v) is 3.74. The Kier molecular flexibility index (Phi) is 8.54. The summed E-state index contributed by atoms with van der Waals surface area (Å²) in [6.07, 6.45) is 0.695. The van der Waals surface area contributed by atoms with Crippen molar-refractivity contribution in [3.63, 3.8) is 0 Å². The number of hydrogen-bond acceptors (Lipinski definition) is 2. The van der Waals surface area contributed by atoms with Crippen molar-refractivity contribution in [2.75, 3.05) is 0 Å². The minimum atomic E-state index is -0.610. The molecule has 0 fully saturated rings. The van der Waals surface area contributed by atoms with Gasteiger partial charge in [-0.1, -0.05) is 60.5 Å². The fraction of sp³-hybridized carbons (Fsp3) is 0.391. The number of nitrogens with zero attached hydrogens (tertiary/aromatic N) is 1. The quantitative estimate of drug-likeness (QED) is 0.622. The van der Waals surface area contributed by atoms with Crippen LogP contribution in [0.2, 0.25) is 10.0 Å². The van der Waals surface area contributed by atoms with Gasteiger partial charge in [0.25, 0.3) is 0 Å². The molecule has 0 radical (unpaired) electrons. The van der Waals surface area contributed by atoms with Gasteiger partial charge in [0.1, 0.15) is 6.04 Å². The Morgan fingerprint density at radius 2 is 1.66 bits per heavy atom. The number of nitrogens with one attached hydrogen (secondary N) is 1. The first-order chi connectivity index (χ1) is 13.7. The van der Waals surface area contributed by atoms with E-state index < -0.39 is 6.04 Å². The van der Waals surface area contributed by atoms with Crippen molar-refractivity contribution in [2.45, 2.75) is 59.2 Å². The summed E-state index contributed by atoms with van der Waals surface area (Å²) in [6, 6.07) is 12.4. The molecule has 1 N–H and O–H groups in total. The summed E-state index contributed by atoms with van der Waals surface area (Å²) in [4.78, 5) is 27.8. The molecule has 2 aromatic rings. The van der Waals surface area contributed by atoms with Crippen LogP contribution in [0.1, 0.15) is 43.9 Å². The molecule has 6 heteroatoms. The van der Waals surface area contributed by atoms with Crippen molar-refractivity contribution in [3.8, 4) is 0 Å². The van der Waals surface area contributed by atoms with Gasteiger partial charge < -0.3 is 10.2 Å². The lowest BCUT2D eigenvalue weighted by Gasteiger charge is -2.32. The standard InChI is InChI=1S/C23H28Cl2N2O2/c1-5-21(23(29)26-15(2)3)27(14-18-19(24)11-8-12-20(18)25)22(28)13-17-10-7-6-9-16(17)4/h6-12,15,21H,5,13-14H2,1-4H3,(H,26,29)/t21-/m1/s1. The first-order valence-corrected chi connectivity index (χ1v) is 10.6. The van der Waals surface area contributed by atoms with Crippen molar-refractivity contribution in [1.29, 1.82) is 0 Å². The van der Waals surface area contributed by atoms with Crippen molar-refractivity contribution in [2.24, 2.45) is 0 Å². The largest absolute Gasteiger partial charge is 0.352 e. The Bertz CT molecular complexity index is 847. The topological polar surface area (TPSA) is 49.4 Å². The first kappa shape index (κ1) is 23.2. The third-order valence-corrected chi connectivity index (χ3v) is 5.52. The maximum absolute atomic E-state index is 13.3. The molecule has 1 atom stereocenters. The Morgan fingerprint density at radius 1 is 1.03 bits per heavy atom. The average molecular weight is 435 g/mol. The van der Waals surface area contributed by atoms with Crippen LogP contribution in [0.3, 0.4) is 0 Å². The van der Waals surface area contributed by atoms with Gasteiger partial charge >= 0.3 is 0 Å². The molecule has 0 aliphatic carbocycles. The maximum Gasteiger partial charge on any atom is 0.243 e. The van der Waals surface area contributed by atoms with E-state index in [1.165, 1.54) is 0 Å². The number of carbonyl (C=O) groups is 2. The van der Waals surface area contributed by atoms with Gasteiger partial charge in [0.2, 0.25) is 11.8 Å². The van der Waals surface area contributed by atoms with Gasteiger partial charge in [-0.15, -0.1) is 0 Å². The van der Waals surface area contributed by atoms with Crippen LogP contribution in [0.4, 0.5) is 0 Å². The van der Waals surface area contributed by atoms with E-state index in [4.69, 9.17) is 23.2 Å². The van der Waals surface area contributed by atoms with Gasteiger partial charge in [-0.2, -0.15) is 0 Å². The number of hydrogen-bond donors (Lipinski definition) is 1. The molecule has 2 aromatic carbocycles. The van der Waals surface area contributed by atoms with Crippen LogP contribution in [0.5, 0.6) is 0 Å². The summed E-state index contributed by atoms with van der Waals surface area (Å²) < 4.78 is 0. The zero-order valence-corrected chi connectivity index (χ0v) is 18.8. The first-order valence-electron chi connectivity index (χ1n) is 9.81. The summed E-state index contributed by atoms with van der Waals surface area (Å²) in [6.45, 7) is 7.84. The van der Waals surface area contributed by atoms with E-state index in [-0.39, 0.29) is 30.8 Å². The lowest BCUT2D eigenvalue weighted by Crippen LogP contribution is -2.50. The molecular formula is C23H28Cl2N2O2. The highest BCUT2D eigenvalue weighted by Crippen LogP contribution is 2.27. The van der Waals surface area contributed by atoms with Gasteiger partial charge in [0, 0.05) is 28.2 Å². The minimum absolute atomic E-state index is 0.0197. The van der Waals surface area contributed by atoms with Crippen molar-refractivity contribution in [3.05, 3.63) is 69.2 Å².